The molecule has 0 bridgehead atoms. The maximum Gasteiger partial charge on any atom is 0.183 e. The summed E-state index contributed by atoms with van der Waals surface area (Å²) in [4.78, 5) is 6.72. The molecule has 0 saturated heterocycles. The minimum Gasteiger partial charge on any atom is -0.214 e. The van der Waals surface area contributed by atoms with Crippen LogP contribution in [0.2, 0.25) is 0 Å². The van der Waals surface area contributed by atoms with E-state index in [1.165, 1.54) is 5.56 Å². The lowest BCUT2D eigenvalue weighted by molar-refractivity contribution is 1.04. The van der Waals surface area contributed by atoms with Gasteiger partial charge in [0, 0.05) is 10.4 Å². The summed E-state index contributed by atoms with van der Waals surface area (Å²) in [5, 5.41) is 8.53. The Kier molecular flexibility index (Phi) is 2.94. The van der Waals surface area contributed by atoms with Crippen LogP contribution in [0.15, 0.2) is 66.7 Å². The van der Waals surface area contributed by atoms with Gasteiger partial charge < -0.3 is 0 Å². The molecule has 0 saturated carbocycles. The Morgan fingerprint density at radius 1 is 0.714 bits per heavy atom. The maximum absolute atomic E-state index is 4.64. The van der Waals surface area contributed by atoms with E-state index >= 15 is 0 Å². The monoisotopic (exact) mass is 289 g/mol. The van der Waals surface area contributed by atoms with Gasteiger partial charge in [-0.1, -0.05) is 60.7 Å². The molecule has 0 atom stereocenters. The number of rotatable bonds is 2. The smallest absolute Gasteiger partial charge is 0.183 e. The van der Waals surface area contributed by atoms with E-state index in [2.05, 4.69) is 27.3 Å². The van der Waals surface area contributed by atoms with Gasteiger partial charge in [-0.15, -0.1) is 21.5 Å². The average molecular weight is 289 g/mol. The van der Waals surface area contributed by atoms with Crippen LogP contribution in [0.5, 0.6) is 0 Å². The second-order valence-corrected chi connectivity index (χ2v) is 5.70. The van der Waals surface area contributed by atoms with Crippen molar-refractivity contribution < 1.29 is 0 Å². The van der Waals surface area contributed by atoms with Gasteiger partial charge in [0.25, 0.3) is 0 Å². The Bertz CT molecular complexity index is 848. The summed E-state index contributed by atoms with van der Waals surface area (Å²) in [5.41, 5.74) is 3.02. The Labute approximate surface area is 125 Å². The van der Waals surface area contributed by atoms with E-state index in [1.807, 2.05) is 54.6 Å². The first-order chi connectivity index (χ1) is 10.4. The number of hydrogen-bond acceptors (Lipinski definition) is 4. The third-order valence-corrected chi connectivity index (χ3v) is 4.31. The topological polar surface area (TPSA) is 38.7 Å². The Hall–Kier alpha value is -2.59. The molecule has 3 nitrogen and oxygen atoms in total. The number of aromatic nitrogens is 3. The van der Waals surface area contributed by atoms with Crippen molar-refractivity contribution in [2.24, 2.45) is 0 Å². The van der Waals surface area contributed by atoms with E-state index in [1.54, 1.807) is 11.3 Å². The van der Waals surface area contributed by atoms with Crippen LogP contribution in [0.25, 0.3) is 32.2 Å². The van der Waals surface area contributed by atoms with Crippen LogP contribution in [0.4, 0.5) is 0 Å². The molecule has 100 valence electrons. The van der Waals surface area contributed by atoms with Crippen molar-refractivity contribution in [1.82, 2.24) is 15.2 Å². The number of nitrogens with zero attached hydrogens (tertiary/aromatic N) is 3. The van der Waals surface area contributed by atoms with Crippen LogP contribution >= 0.6 is 11.3 Å². The first-order valence-electron chi connectivity index (χ1n) is 6.65. The van der Waals surface area contributed by atoms with E-state index in [0.717, 1.165) is 20.8 Å². The fourth-order valence-corrected chi connectivity index (χ4v) is 3.17. The molecule has 4 aromatic rings. The van der Waals surface area contributed by atoms with Gasteiger partial charge >= 0.3 is 0 Å². The van der Waals surface area contributed by atoms with Crippen molar-refractivity contribution in [3.05, 3.63) is 66.7 Å². The molecule has 21 heavy (non-hydrogen) atoms. The number of hydrogen-bond donors (Lipinski definition) is 0. The molecule has 0 N–H and O–H groups in total. The summed E-state index contributed by atoms with van der Waals surface area (Å²) in [6, 6.07) is 22.2. The van der Waals surface area contributed by atoms with Gasteiger partial charge in [0.1, 0.15) is 10.3 Å². The number of benzene rings is 2. The number of fused-ring (bicyclic) bond motifs is 1. The zero-order valence-electron chi connectivity index (χ0n) is 11.1. The van der Waals surface area contributed by atoms with E-state index in [4.69, 9.17) is 0 Å². The van der Waals surface area contributed by atoms with Crippen LogP contribution in [0.3, 0.4) is 0 Å². The molecule has 2 aromatic heterocycles. The molecule has 0 unspecified atom stereocenters. The van der Waals surface area contributed by atoms with Crippen LogP contribution in [-0.4, -0.2) is 15.2 Å². The highest BCUT2D eigenvalue weighted by molar-refractivity contribution is 7.21. The molecule has 0 aliphatic carbocycles. The van der Waals surface area contributed by atoms with Crippen molar-refractivity contribution in [1.29, 1.82) is 0 Å². The van der Waals surface area contributed by atoms with Crippen molar-refractivity contribution in [3.8, 4) is 21.8 Å². The third kappa shape index (κ3) is 2.30. The maximum atomic E-state index is 4.64. The van der Waals surface area contributed by atoms with E-state index < -0.39 is 0 Å². The fourth-order valence-electron chi connectivity index (χ4n) is 2.20. The Morgan fingerprint density at radius 3 is 2.10 bits per heavy atom. The van der Waals surface area contributed by atoms with Gasteiger partial charge in [0.2, 0.25) is 0 Å². The Balaban J connectivity index is 1.82. The largest absolute Gasteiger partial charge is 0.214 e. The quantitative estimate of drug-likeness (QED) is 0.548. The first-order valence-corrected chi connectivity index (χ1v) is 7.47. The third-order valence-electron chi connectivity index (χ3n) is 3.24. The summed E-state index contributed by atoms with van der Waals surface area (Å²) in [7, 11) is 0. The van der Waals surface area contributed by atoms with Gasteiger partial charge in [-0.05, 0) is 11.6 Å². The zero-order valence-corrected chi connectivity index (χ0v) is 11.9. The van der Waals surface area contributed by atoms with Crippen molar-refractivity contribution >= 4 is 21.7 Å². The van der Waals surface area contributed by atoms with Gasteiger partial charge in [-0.3, -0.25) is 0 Å². The summed E-state index contributed by atoms with van der Waals surface area (Å²) >= 11 is 1.65. The van der Waals surface area contributed by atoms with Gasteiger partial charge in [0.15, 0.2) is 5.82 Å². The summed E-state index contributed by atoms with van der Waals surface area (Å²) in [6.45, 7) is 0. The fraction of sp³-hybridized carbons (Fsp3) is 0. The highest BCUT2D eigenvalue weighted by Gasteiger charge is 2.09. The highest BCUT2D eigenvalue weighted by atomic mass is 32.1. The molecule has 0 radical (unpaired) electrons. The van der Waals surface area contributed by atoms with Gasteiger partial charge in [-0.2, -0.15) is 0 Å². The highest BCUT2D eigenvalue weighted by Crippen LogP contribution is 2.31. The van der Waals surface area contributed by atoms with Crippen LogP contribution in [0.1, 0.15) is 0 Å². The second kappa shape index (κ2) is 5.07. The molecular formula is C17H11N3S. The van der Waals surface area contributed by atoms with Gasteiger partial charge in [-0.25, -0.2) is 4.98 Å². The summed E-state index contributed by atoms with van der Waals surface area (Å²) in [5.74, 6) is 0.671. The molecule has 0 aliphatic heterocycles. The van der Waals surface area contributed by atoms with Gasteiger partial charge in [0.05, 0.1) is 0 Å². The first kappa shape index (κ1) is 12.2. The lowest BCUT2D eigenvalue weighted by Crippen LogP contribution is -1.90. The summed E-state index contributed by atoms with van der Waals surface area (Å²) < 4.78 is 0. The molecule has 2 heterocycles. The molecule has 4 heteroatoms. The molecule has 0 aliphatic rings. The predicted molar refractivity (Wildman–Crippen MR) is 86.1 cm³/mol. The van der Waals surface area contributed by atoms with E-state index in [0.29, 0.717) is 5.82 Å². The molecule has 4 rings (SSSR count). The van der Waals surface area contributed by atoms with Crippen molar-refractivity contribution in [3.63, 3.8) is 0 Å². The molecule has 2 aromatic carbocycles. The van der Waals surface area contributed by atoms with Crippen molar-refractivity contribution in [2.75, 3.05) is 0 Å². The van der Waals surface area contributed by atoms with E-state index in [-0.39, 0.29) is 0 Å². The Morgan fingerprint density at radius 2 is 1.38 bits per heavy atom. The molecular weight excluding hydrogens is 278 g/mol. The normalized spacial score (nSPS) is 10.9. The summed E-state index contributed by atoms with van der Waals surface area (Å²) in [6.07, 6.45) is 0. The van der Waals surface area contributed by atoms with Crippen LogP contribution in [-0.2, 0) is 0 Å². The molecule has 0 spiro atoms. The lowest BCUT2D eigenvalue weighted by Gasteiger charge is -1.97. The van der Waals surface area contributed by atoms with Crippen LogP contribution < -0.4 is 0 Å². The zero-order chi connectivity index (χ0) is 14.1. The van der Waals surface area contributed by atoms with Crippen LogP contribution in [0, 0.1) is 0 Å². The minimum absolute atomic E-state index is 0.671. The standard InChI is InChI=1S/C17H11N3S/c1-3-7-12(8-4-1)15-11-14-17(21-15)18-16(20-19-14)13-9-5-2-6-10-13/h1-11H. The second-order valence-electron chi connectivity index (χ2n) is 4.67. The predicted octanol–water partition coefficient (Wildman–Crippen LogP) is 4.42. The minimum atomic E-state index is 0.671. The SMILES string of the molecule is c1ccc(-c2nnc3cc(-c4ccccc4)sc3n2)cc1. The number of thiophene rings is 1. The van der Waals surface area contributed by atoms with E-state index in [9.17, 15) is 0 Å². The molecule has 0 amide bonds. The van der Waals surface area contributed by atoms with Crippen molar-refractivity contribution in [2.45, 2.75) is 0 Å². The average Bonchev–Trinajstić information content (AvgIpc) is 2.99. The lowest BCUT2D eigenvalue weighted by atomic mass is 10.2. The molecule has 0 fully saturated rings.